The van der Waals surface area contributed by atoms with E-state index in [4.69, 9.17) is 5.11 Å². The van der Waals surface area contributed by atoms with Crippen molar-refractivity contribution < 1.29 is 9.90 Å². The summed E-state index contributed by atoms with van der Waals surface area (Å²) in [7, 11) is 0. The SMILES string of the molecule is O=C(O)c1cc(S)c2sccc2c1I. The van der Waals surface area contributed by atoms with Gasteiger partial charge in [-0.25, -0.2) is 4.79 Å². The molecule has 2 aromatic rings. The van der Waals surface area contributed by atoms with Crippen LogP contribution in [-0.4, -0.2) is 11.1 Å². The highest BCUT2D eigenvalue weighted by atomic mass is 127. The van der Waals surface area contributed by atoms with Crippen LogP contribution in [0.1, 0.15) is 10.4 Å². The molecule has 0 saturated carbocycles. The number of thiophene rings is 1. The van der Waals surface area contributed by atoms with Gasteiger partial charge in [0, 0.05) is 18.6 Å². The van der Waals surface area contributed by atoms with Gasteiger partial charge in [0.05, 0.1) is 5.56 Å². The number of halogens is 1. The molecule has 1 aromatic heterocycles. The molecular weight excluding hydrogens is 331 g/mol. The highest BCUT2D eigenvalue weighted by Gasteiger charge is 2.14. The Morgan fingerprint density at radius 3 is 2.93 bits per heavy atom. The van der Waals surface area contributed by atoms with Crippen LogP contribution in [0, 0.1) is 3.57 Å². The van der Waals surface area contributed by atoms with Gasteiger partial charge in [-0.05, 0) is 40.1 Å². The molecule has 0 aliphatic heterocycles. The van der Waals surface area contributed by atoms with Crippen molar-refractivity contribution in [1.29, 1.82) is 0 Å². The second kappa shape index (κ2) is 3.71. The van der Waals surface area contributed by atoms with E-state index in [9.17, 15) is 4.79 Å². The van der Waals surface area contributed by atoms with Gasteiger partial charge in [-0.1, -0.05) is 0 Å². The molecule has 0 bridgehead atoms. The predicted octanol–water partition coefficient (Wildman–Crippen LogP) is 3.49. The Morgan fingerprint density at radius 1 is 1.57 bits per heavy atom. The number of carboxylic acids is 1. The zero-order chi connectivity index (χ0) is 10.3. The molecule has 0 spiro atoms. The Morgan fingerprint density at radius 2 is 2.29 bits per heavy atom. The molecule has 5 heteroatoms. The first kappa shape index (κ1) is 10.3. The quantitative estimate of drug-likeness (QED) is 0.618. The van der Waals surface area contributed by atoms with Crippen molar-refractivity contribution in [2.75, 3.05) is 0 Å². The highest BCUT2D eigenvalue weighted by Crippen LogP contribution is 2.33. The number of aromatic carboxylic acids is 1. The van der Waals surface area contributed by atoms with E-state index in [2.05, 4.69) is 35.2 Å². The average Bonchev–Trinajstić information content (AvgIpc) is 2.59. The number of carboxylic acid groups (broad SMARTS) is 1. The van der Waals surface area contributed by atoms with Gasteiger partial charge in [0.1, 0.15) is 0 Å². The highest BCUT2D eigenvalue weighted by molar-refractivity contribution is 14.1. The van der Waals surface area contributed by atoms with Crippen LogP contribution in [0.15, 0.2) is 22.4 Å². The van der Waals surface area contributed by atoms with E-state index in [1.165, 1.54) is 0 Å². The number of hydrogen-bond acceptors (Lipinski definition) is 3. The Balaban J connectivity index is 2.88. The van der Waals surface area contributed by atoms with Gasteiger partial charge in [0.25, 0.3) is 0 Å². The fourth-order valence-electron chi connectivity index (χ4n) is 1.25. The van der Waals surface area contributed by atoms with Gasteiger partial charge in [-0.2, -0.15) is 0 Å². The third-order valence-corrected chi connectivity index (χ3v) is 4.50. The second-order valence-corrected chi connectivity index (χ2v) is 5.20. The summed E-state index contributed by atoms with van der Waals surface area (Å²) < 4.78 is 1.83. The summed E-state index contributed by atoms with van der Waals surface area (Å²) in [6.45, 7) is 0. The molecular formula is C9H5IO2S2. The maximum Gasteiger partial charge on any atom is 0.336 e. The van der Waals surface area contributed by atoms with E-state index in [0.29, 0.717) is 5.56 Å². The molecule has 14 heavy (non-hydrogen) atoms. The molecule has 0 aliphatic rings. The first-order chi connectivity index (χ1) is 6.61. The number of thiol groups is 1. The van der Waals surface area contributed by atoms with Crippen LogP contribution < -0.4 is 0 Å². The molecule has 72 valence electrons. The van der Waals surface area contributed by atoms with E-state index in [1.807, 2.05) is 11.4 Å². The summed E-state index contributed by atoms with van der Waals surface area (Å²) in [5.41, 5.74) is 0.321. The topological polar surface area (TPSA) is 37.3 Å². The van der Waals surface area contributed by atoms with E-state index in [-0.39, 0.29) is 0 Å². The van der Waals surface area contributed by atoms with Gasteiger partial charge in [-0.3, -0.25) is 0 Å². The number of carbonyl (C=O) groups is 1. The molecule has 1 aromatic carbocycles. The minimum atomic E-state index is -0.905. The summed E-state index contributed by atoms with van der Waals surface area (Å²) in [6.07, 6.45) is 0. The van der Waals surface area contributed by atoms with Crippen LogP contribution in [-0.2, 0) is 0 Å². The lowest BCUT2D eigenvalue weighted by Crippen LogP contribution is -1.99. The lowest BCUT2D eigenvalue weighted by atomic mass is 10.2. The molecule has 0 aliphatic carbocycles. The van der Waals surface area contributed by atoms with Crippen molar-refractivity contribution >= 4 is 62.6 Å². The third-order valence-electron chi connectivity index (χ3n) is 1.88. The first-order valence-electron chi connectivity index (χ1n) is 3.73. The summed E-state index contributed by atoms with van der Waals surface area (Å²) in [5.74, 6) is -0.905. The third kappa shape index (κ3) is 1.53. The Kier molecular flexibility index (Phi) is 2.72. The summed E-state index contributed by atoms with van der Waals surface area (Å²) >= 11 is 7.91. The van der Waals surface area contributed by atoms with E-state index < -0.39 is 5.97 Å². The van der Waals surface area contributed by atoms with Crippen molar-refractivity contribution in [2.24, 2.45) is 0 Å². The van der Waals surface area contributed by atoms with Crippen LogP contribution in [0.25, 0.3) is 10.1 Å². The van der Waals surface area contributed by atoms with Gasteiger partial charge in [0.2, 0.25) is 0 Å². The molecule has 0 amide bonds. The summed E-state index contributed by atoms with van der Waals surface area (Å²) in [5, 5.41) is 11.9. The Labute approximate surface area is 103 Å². The normalized spacial score (nSPS) is 10.7. The number of benzene rings is 1. The van der Waals surface area contributed by atoms with Crippen LogP contribution in [0.4, 0.5) is 0 Å². The largest absolute Gasteiger partial charge is 0.478 e. The van der Waals surface area contributed by atoms with E-state index in [1.54, 1.807) is 17.4 Å². The molecule has 0 saturated heterocycles. The molecule has 1 heterocycles. The lowest BCUT2D eigenvalue weighted by Gasteiger charge is -2.02. The monoisotopic (exact) mass is 336 g/mol. The zero-order valence-electron chi connectivity index (χ0n) is 6.82. The summed E-state index contributed by atoms with van der Waals surface area (Å²) in [4.78, 5) is 11.6. The van der Waals surface area contributed by atoms with Crippen molar-refractivity contribution in [3.63, 3.8) is 0 Å². The van der Waals surface area contributed by atoms with Gasteiger partial charge >= 0.3 is 5.97 Å². The maximum absolute atomic E-state index is 10.9. The van der Waals surface area contributed by atoms with Crippen LogP contribution in [0.3, 0.4) is 0 Å². The van der Waals surface area contributed by atoms with Crippen LogP contribution in [0.5, 0.6) is 0 Å². The van der Waals surface area contributed by atoms with E-state index in [0.717, 1.165) is 18.6 Å². The number of fused-ring (bicyclic) bond motifs is 1. The van der Waals surface area contributed by atoms with Gasteiger partial charge < -0.3 is 5.11 Å². The molecule has 0 atom stereocenters. The zero-order valence-corrected chi connectivity index (χ0v) is 10.7. The smallest absolute Gasteiger partial charge is 0.336 e. The second-order valence-electron chi connectivity index (χ2n) is 2.73. The fraction of sp³-hybridized carbons (Fsp3) is 0. The standard InChI is InChI=1S/C9H5IO2S2/c10-7-4-1-2-14-8(4)6(13)3-5(7)9(11)12/h1-3,13H,(H,11,12). The van der Waals surface area contributed by atoms with E-state index >= 15 is 0 Å². The Hall–Kier alpha value is -0.270. The molecule has 1 N–H and O–H groups in total. The van der Waals surface area contributed by atoms with Crippen LogP contribution >= 0.6 is 46.6 Å². The predicted molar refractivity (Wildman–Crippen MR) is 68.8 cm³/mol. The maximum atomic E-state index is 10.9. The number of hydrogen-bond donors (Lipinski definition) is 2. The molecule has 2 nitrogen and oxygen atoms in total. The fourth-order valence-corrected chi connectivity index (χ4v) is 3.49. The first-order valence-corrected chi connectivity index (χ1v) is 6.14. The van der Waals surface area contributed by atoms with Crippen molar-refractivity contribution in [3.8, 4) is 0 Å². The summed E-state index contributed by atoms with van der Waals surface area (Å²) in [6, 6.07) is 3.53. The molecule has 0 unspecified atom stereocenters. The molecule has 0 radical (unpaired) electrons. The van der Waals surface area contributed by atoms with Crippen molar-refractivity contribution in [3.05, 3.63) is 26.6 Å². The van der Waals surface area contributed by atoms with Gasteiger partial charge in [-0.15, -0.1) is 24.0 Å². The minimum Gasteiger partial charge on any atom is -0.478 e. The lowest BCUT2D eigenvalue weighted by molar-refractivity contribution is 0.0695. The van der Waals surface area contributed by atoms with Crippen molar-refractivity contribution in [2.45, 2.75) is 4.90 Å². The molecule has 2 rings (SSSR count). The van der Waals surface area contributed by atoms with Crippen LogP contribution in [0.2, 0.25) is 0 Å². The van der Waals surface area contributed by atoms with Crippen molar-refractivity contribution in [1.82, 2.24) is 0 Å². The minimum absolute atomic E-state index is 0.321. The van der Waals surface area contributed by atoms with Gasteiger partial charge in [0.15, 0.2) is 0 Å². The average molecular weight is 336 g/mol. The Bertz CT molecular complexity index is 519. The number of rotatable bonds is 1. The molecule has 0 fully saturated rings.